The number of ether oxygens (including phenoxy) is 1. The van der Waals surface area contributed by atoms with Crippen LogP contribution in [0.1, 0.15) is 6.42 Å². The maximum absolute atomic E-state index is 11.2. The zero-order chi connectivity index (χ0) is 12.4. The van der Waals surface area contributed by atoms with Crippen molar-refractivity contribution in [3.05, 3.63) is 34.4 Å². The molecule has 0 amide bonds. The molecular formula is C10H8N2O5. The highest BCUT2D eigenvalue weighted by molar-refractivity contribution is 5.98. The highest BCUT2D eigenvalue weighted by Gasteiger charge is 2.34. The molecule has 1 aliphatic rings. The fourth-order valence-corrected chi connectivity index (χ4v) is 1.53. The number of para-hydroxylation sites is 2. The number of carbonyl (C=O) groups excluding carboxylic acids is 2. The van der Waals surface area contributed by atoms with Gasteiger partial charge in [0.1, 0.15) is 11.7 Å². The van der Waals surface area contributed by atoms with E-state index < -0.39 is 22.9 Å². The molecule has 1 fully saturated rings. The molecule has 1 aromatic carbocycles. The van der Waals surface area contributed by atoms with E-state index in [2.05, 4.69) is 10.1 Å². The molecule has 0 aliphatic carbocycles. The van der Waals surface area contributed by atoms with Gasteiger partial charge < -0.3 is 10.1 Å². The van der Waals surface area contributed by atoms with Crippen molar-refractivity contribution in [3.63, 3.8) is 0 Å². The van der Waals surface area contributed by atoms with Crippen LogP contribution in [0.5, 0.6) is 0 Å². The van der Waals surface area contributed by atoms with Gasteiger partial charge in [0.05, 0.1) is 11.3 Å². The summed E-state index contributed by atoms with van der Waals surface area (Å²) in [7, 11) is 0. The van der Waals surface area contributed by atoms with Crippen LogP contribution in [0, 0.1) is 10.1 Å². The van der Waals surface area contributed by atoms with Gasteiger partial charge in [0.15, 0.2) is 0 Å². The minimum Gasteiger partial charge on any atom is -0.392 e. The predicted octanol–water partition coefficient (Wildman–Crippen LogP) is 0.849. The van der Waals surface area contributed by atoms with Crippen LogP contribution in [-0.2, 0) is 14.3 Å². The third kappa shape index (κ3) is 2.22. The van der Waals surface area contributed by atoms with Crippen molar-refractivity contribution in [3.8, 4) is 0 Å². The molecule has 0 saturated carbocycles. The molecule has 1 atom stereocenters. The van der Waals surface area contributed by atoms with E-state index in [4.69, 9.17) is 0 Å². The number of anilines is 1. The molecule has 7 heteroatoms. The van der Waals surface area contributed by atoms with Gasteiger partial charge in [-0.3, -0.25) is 14.9 Å². The fraction of sp³-hybridized carbons (Fsp3) is 0.200. The van der Waals surface area contributed by atoms with Gasteiger partial charge in [-0.2, -0.15) is 0 Å². The number of nitrogens with zero attached hydrogens (tertiary/aromatic N) is 1. The summed E-state index contributed by atoms with van der Waals surface area (Å²) in [4.78, 5) is 32.2. The van der Waals surface area contributed by atoms with Gasteiger partial charge in [-0.15, -0.1) is 0 Å². The largest absolute Gasteiger partial charge is 0.392 e. The quantitative estimate of drug-likeness (QED) is 0.361. The number of hydrogen-bond donors (Lipinski definition) is 1. The fourth-order valence-electron chi connectivity index (χ4n) is 1.53. The highest BCUT2D eigenvalue weighted by Crippen LogP contribution is 2.25. The van der Waals surface area contributed by atoms with Gasteiger partial charge in [0, 0.05) is 6.07 Å². The SMILES string of the molecule is O=C1CC(Nc2ccccc2[N+](=O)[O-])C(=O)O1. The number of esters is 2. The van der Waals surface area contributed by atoms with Gasteiger partial charge in [-0.05, 0) is 6.07 Å². The monoisotopic (exact) mass is 236 g/mol. The predicted molar refractivity (Wildman–Crippen MR) is 56.2 cm³/mol. The molecule has 0 bridgehead atoms. The number of rotatable bonds is 3. The van der Waals surface area contributed by atoms with E-state index in [9.17, 15) is 19.7 Å². The first-order valence-corrected chi connectivity index (χ1v) is 4.82. The number of hydrogen-bond acceptors (Lipinski definition) is 6. The number of cyclic esters (lactones) is 2. The van der Waals surface area contributed by atoms with Gasteiger partial charge in [-0.25, -0.2) is 4.79 Å². The second-order valence-electron chi connectivity index (χ2n) is 3.47. The molecule has 2 rings (SSSR count). The molecular weight excluding hydrogens is 228 g/mol. The van der Waals surface area contributed by atoms with Crippen molar-refractivity contribution >= 4 is 23.3 Å². The van der Waals surface area contributed by atoms with E-state index in [1.807, 2.05) is 0 Å². The molecule has 17 heavy (non-hydrogen) atoms. The number of nitrogens with one attached hydrogen (secondary N) is 1. The zero-order valence-corrected chi connectivity index (χ0v) is 8.58. The standard InChI is InChI=1S/C10H8N2O5/c13-9-5-7(10(14)17-9)11-6-3-1-2-4-8(6)12(15)16/h1-4,7,11H,5H2. The molecule has 1 unspecified atom stereocenters. The lowest BCUT2D eigenvalue weighted by Crippen LogP contribution is -2.24. The van der Waals surface area contributed by atoms with E-state index in [1.165, 1.54) is 18.2 Å². The molecule has 88 valence electrons. The smallest absolute Gasteiger partial charge is 0.336 e. The Kier molecular flexibility index (Phi) is 2.73. The van der Waals surface area contributed by atoms with Crippen LogP contribution in [-0.4, -0.2) is 22.9 Å². The van der Waals surface area contributed by atoms with Crippen LogP contribution in [0.15, 0.2) is 24.3 Å². The lowest BCUT2D eigenvalue weighted by Gasteiger charge is -2.09. The Bertz CT molecular complexity index is 499. The molecule has 7 nitrogen and oxygen atoms in total. The van der Waals surface area contributed by atoms with E-state index in [-0.39, 0.29) is 17.8 Å². The summed E-state index contributed by atoms with van der Waals surface area (Å²) in [6.45, 7) is 0. The Morgan fingerprint density at radius 3 is 2.65 bits per heavy atom. The van der Waals surface area contributed by atoms with Crippen molar-refractivity contribution in [1.29, 1.82) is 0 Å². The summed E-state index contributed by atoms with van der Waals surface area (Å²) >= 11 is 0. The minimum absolute atomic E-state index is 0.120. The Morgan fingerprint density at radius 2 is 2.06 bits per heavy atom. The van der Waals surface area contributed by atoms with Crippen molar-refractivity contribution < 1.29 is 19.2 Å². The average Bonchev–Trinajstić information content (AvgIpc) is 2.58. The van der Waals surface area contributed by atoms with E-state index in [0.29, 0.717) is 0 Å². The summed E-state index contributed by atoms with van der Waals surface area (Å²) in [6, 6.07) is 5.03. The first-order chi connectivity index (χ1) is 8.08. The molecule has 0 aromatic heterocycles. The Hall–Kier alpha value is -2.44. The number of carbonyl (C=O) groups is 2. The second-order valence-corrected chi connectivity index (χ2v) is 3.47. The van der Waals surface area contributed by atoms with Crippen molar-refractivity contribution in [2.75, 3.05) is 5.32 Å². The average molecular weight is 236 g/mol. The van der Waals surface area contributed by atoms with Crippen LogP contribution >= 0.6 is 0 Å². The van der Waals surface area contributed by atoms with Crippen LogP contribution in [0.3, 0.4) is 0 Å². The summed E-state index contributed by atoms with van der Waals surface area (Å²) in [5, 5.41) is 13.4. The summed E-state index contributed by atoms with van der Waals surface area (Å²) in [6.07, 6.45) is -0.120. The number of nitro groups is 1. The second kappa shape index (κ2) is 4.20. The zero-order valence-electron chi connectivity index (χ0n) is 8.58. The normalized spacial score (nSPS) is 18.9. The Balaban J connectivity index is 2.22. The Labute approximate surface area is 95.5 Å². The van der Waals surface area contributed by atoms with Gasteiger partial charge in [0.2, 0.25) is 0 Å². The lowest BCUT2D eigenvalue weighted by atomic mass is 10.2. The summed E-state index contributed by atoms with van der Waals surface area (Å²) < 4.78 is 4.34. The Morgan fingerprint density at radius 1 is 1.35 bits per heavy atom. The van der Waals surface area contributed by atoms with E-state index in [0.717, 1.165) is 0 Å². The van der Waals surface area contributed by atoms with Crippen molar-refractivity contribution in [2.24, 2.45) is 0 Å². The van der Waals surface area contributed by atoms with Crippen LogP contribution in [0.2, 0.25) is 0 Å². The maximum atomic E-state index is 11.2. The van der Waals surface area contributed by atoms with Crippen molar-refractivity contribution in [2.45, 2.75) is 12.5 Å². The maximum Gasteiger partial charge on any atom is 0.336 e. The molecule has 1 N–H and O–H groups in total. The third-order valence-corrected chi connectivity index (χ3v) is 2.30. The molecule has 1 aromatic rings. The van der Waals surface area contributed by atoms with Crippen molar-refractivity contribution in [1.82, 2.24) is 0 Å². The summed E-state index contributed by atoms with van der Waals surface area (Å²) in [5.74, 6) is -1.35. The molecule has 0 spiro atoms. The third-order valence-electron chi connectivity index (χ3n) is 2.30. The summed E-state index contributed by atoms with van der Waals surface area (Å²) in [5.41, 5.74) is 0.0359. The van der Waals surface area contributed by atoms with Crippen LogP contribution in [0.25, 0.3) is 0 Å². The topological polar surface area (TPSA) is 98.5 Å². The molecule has 1 aliphatic heterocycles. The molecule has 1 saturated heterocycles. The molecule has 1 heterocycles. The minimum atomic E-state index is -0.858. The van der Waals surface area contributed by atoms with E-state index >= 15 is 0 Å². The lowest BCUT2D eigenvalue weighted by molar-refractivity contribution is -0.384. The van der Waals surface area contributed by atoms with Crippen LogP contribution in [0.4, 0.5) is 11.4 Å². The van der Waals surface area contributed by atoms with Gasteiger partial charge in [0.25, 0.3) is 5.69 Å². The first kappa shape index (κ1) is 11.1. The van der Waals surface area contributed by atoms with E-state index in [1.54, 1.807) is 6.07 Å². The first-order valence-electron chi connectivity index (χ1n) is 4.82. The van der Waals surface area contributed by atoms with Gasteiger partial charge in [-0.1, -0.05) is 12.1 Å². The highest BCUT2D eigenvalue weighted by atomic mass is 16.6. The number of nitro benzene ring substituents is 1. The van der Waals surface area contributed by atoms with Gasteiger partial charge >= 0.3 is 11.9 Å². The number of benzene rings is 1. The van der Waals surface area contributed by atoms with Crippen LogP contribution < -0.4 is 5.32 Å². The molecule has 0 radical (unpaired) electrons.